The number of benzene rings is 2. The zero-order chi connectivity index (χ0) is 27.1. The van der Waals surface area contributed by atoms with Crippen molar-refractivity contribution in [2.24, 2.45) is 4.99 Å². The van der Waals surface area contributed by atoms with E-state index in [-0.39, 0.29) is 12.5 Å². The lowest BCUT2D eigenvalue weighted by Gasteiger charge is -2.20. The number of halogens is 2. The Labute approximate surface area is 235 Å². The summed E-state index contributed by atoms with van der Waals surface area (Å²) in [6.45, 7) is 5.62. The second kappa shape index (κ2) is 12.4. The highest BCUT2D eigenvalue weighted by Crippen LogP contribution is 2.32. The maximum atomic E-state index is 12.4. The summed E-state index contributed by atoms with van der Waals surface area (Å²) in [5, 5.41) is 4.58. The van der Waals surface area contributed by atoms with Crippen molar-refractivity contribution in [3.05, 3.63) is 94.8 Å². The van der Waals surface area contributed by atoms with E-state index in [1.807, 2.05) is 54.6 Å². The Morgan fingerprint density at radius 3 is 2.29 bits per heavy atom. The molecule has 0 fully saturated rings. The number of hydrogen-bond acceptors (Lipinski definition) is 6. The monoisotopic (exact) mass is 568 g/mol. The number of aromatic nitrogens is 1. The first kappa shape index (κ1) is 27.6. The van der Waals surface area contributed by atoms with Crippen LogP contribution in [0.2, 0.25) is 10.0 Å². The van der Waals surface area contributed by atoms with Gasteiger partial charge in [0.15, 0.2) is 5.09 Å². The predicted octanol–water partition coefficient (Wildman–Crippen LogP) is 7.99. The Bertz CT molecular complexity index is 1400. The summed E-state index contributed by atoms with van der Waals surface area (Å²) < 4.78 is 13.7. The highest BCUT2D eigenvalue weighted by molar-refractivity contribution is 7.97. The van der Waals surface area contributed by atoms with Crippen LogP contribution in [0.5, 0.6) is 0 Å². The van der Waals surface area contributed by atoms with E-state index < -0.39 is 11.7 Å². The van der Waals surface area contributed by atoms with Crippen molar-refractivity contribution in [1.29, 1.82) is 0 Å². The van der Waals surface area contributed by atoms with Crippen molar-refractivity contribution in [2.45, 2.75) is 38.0 Å². The third-order valence-electron chi connectivity index (χ3n) is 5.00. The summed E-state index contributed by atoms with van der Waals surface area (Å²) in [5.41, 5.74) is 3.78. The molecule has 0 saturated heterocycles. The summed E-state index contributed by atoms with van der Waals surface area (Å²) in [5.74, 6) is 0.218. The molecule has 10 heteroatoms. The van der Waals surface area contributed by atoms with Crippen molar-refractivity contribution in [1.82, 2.24) is 15.0 Å². The minimum Gasteiger partial charge on any atom is -0.456 e. The summed E-state index contributed by atoms with van der Waals surface area (Å²) in [6, 6.07) is 20.7. The SMILES string of the molecule is CC(C)(C)OC(=O)NC(=NCc1cnc(-c2ccc(Cl)cc2)c(-c2ccc(Cl)cc2)c1)NSc1ccco1. The van der Waals surface area contributed by atoms with Crippen LogP contribution in [0.15, 0.2) is 93.7 Å². The number of nitrogens with zero attached hydrogens (tertiary/aromatic N) is 2. The number of pyridine rings is 1. The summed E-state index contributed by atoms with van der Waals surface area (Å²) in [6.07, 6.45) is 2.70. The maximum Gasteiger partial charge on any atom is 0.414 e. The summed E-state index contributed by atoms with van der Waals surface area (Å²) >= 11 is 13.4. The van der Waals surface area contributed by atoms with Crippen LogP contribution in [-0.4, -0.2) is 22.6 Å². The first-order chi connectivity index (χ1) is 18.2. The molecule has 0 atom stereocenters. The van der Waals surface area contributed by atoms with E-state index >= 15 is 0 Å². The minimum absolute atomic E-state index is 0.218. The molecule has 0 saturated carbocycles. The predicted molar refractivity (Wildman–Crippen MR) is 153 cm³/mol. The van der Waals surface area contributed by atoms with Gasteiger partial charge in [-0.15, -0.1) is 0 Å². The van der Waals surface area contributed by atoms with Crippen LogP contribution < -0.4 is 10.0 Å². The molecule has 0 bridgehead atoms. The van der Waals surface area contributed by atoms with E-state index in [2.05, 4.69) is 15.0 Å². The number of ether oxygens (including phenoxy) is 1. The molecule has 0 spiro atoms. The molecule has 0 radical (unpaired) electrons. The van der Waals surface area contributed by atoms with Crippen molar-refractivity contribution in [3.8, 4) is 22.4 Å². The lowest BCUT2D eigenvalue weighted by Crippen LogP contribution is -2.41. The van der Waals surface area contributed by atoms with Crippen molar-refractivity contribution in [2.75, 3.05) is 0 Å². The maximum absolute atomic E-state index is 12.4. The number of alkyl carbamates (subject to hydrolysis) is 1. The number of guanidine groups is 1. The third-order valence-corrected chi connectivity index (χ3v) is 6.23. The highest BCUT2D eigenvalue weighted by atomic mass is 35.5. The molecule has 4 rings (SSSR count). The van der Waals surface area contributed by atoms with E-state index in [1.54, 1.807) is 45.4 Å². The van der Waals surface area contributed by atoms with Gasteiger partial charge in [-0.3, -0.25) is 15.0 Å². The van der Waals surface area contributed by atoms with E-state index in [0.717, 1.165) is 27.9 Å². The lowest BCUT2D eigenvalue weighted by molar-refractivity contribution is 0.0562. The van der Waals surface area contributed by atoms with Gasteiger partial charge in [0.25, 0.3) is 0 Å². The molecule has 2 heterocycles. The normalized spacial score (nSPS) is 11.8. The molecule has 0 aliphatic rings. The van der Waals surface area contributed by atoms with Gasteiger partial charge in [0, 0.05) is 39.3 Å². The van der Waals surface area contributed by atoms with Crippen LogP contribution in [0.1, 0.15) is 26.3 Å². The Hall–Kier alpha value is -3.46. The molecule has 38 heavy (non-hydrogen) atoms. The fourth-order valence-corrected chi connectivity index (χ4v) is 4.19. The fraction of sp³-hybridized carbons (Fsp3) is 0.179. The molecule has 7 nitrogen and oxygen atoms in total. The van der Waals surface area contributed by atoms with E-state index in [0.29, 0.717) is 15.1 Å². The smallest absolute Gasteiger partial charge is 0.414 e. The summed E-state index contributed by atoms with van der Waals surface area (Å²) in [7, 11) is 0. The fourth-order valence-electron chi connectivity index (χ4n) is 3.37. The van der Waals surface area contributed by atoms with Gasteiger partial charge >= 0.3 is 6.09 Å². The van der Waals surface area contributed by atoms with Gasteiger partial charge in [0.2, 0.25) is 5.96 Å². The second-order valence-electron chi connectivity index (χ2n) is 9.18. The van der Waals surface area contributed by atoms with Gasteiger partial charge in [-0.25, -0.2) is 9.79 Å². The average molecular weight is 570 g/mol. The molecule has 196 valence electrons. The molecule has 2 aromatic heterocycles. The van der Waals surface area contributed by atoms with Crippen LogP contribution in [-0.2, 0) is 11.3 Å². The number of rotatable bonds is 6. The van der Waals surface area contributed by atoms with Crippen molar-refractivity contribution in [3.63, 3.8) is 0 Å². The van der Waals surface area contributed by atoms with Crippen molar-refractivity contribution >= 4 is 47.2 Å². The van der Waals surface area contributed by atoms with Gasteiger partial charge < -0.3 is 9.15 Å². The average Bonchev–Trinajstić information content (AvgIpc) is 3.39. The number of amides is 1. The van der Waals surface area contributed by atoms with E-state index in [9.17, 15) is 4.79 Å². The third kappa shape index (κ3) is 8.02. The molecule has 1 amide bonds. The van der Waals surface area contributed by atoms with Crippen LogP contribution in [0.4, 0.5) is 4.79 Å². The van der Waals surface area contributed by atoms with Gasteiger partial charge in [-0.2, -0.15) is 0 Å². The Balaban J connectivity index is 1.63. The standard InChI is InChI=1S/C28H26Cl2N4O3S/c1-28(2,3)37-27(35)33-26(34-38-24-5-4-14-36-24)32-17-18-15-23(19-6-10-21(29)11-7-19)25(31-16-18)20-8-12-22(30)13-9-20/h4-16H,17H2,1-3H3,(H2,32,33,34,35). The first-order valence-corrected chi connectivity index (χ1v) is 13.3. The number of aliphatic imine (C=N–C) groups is 1. The van der Waals surface area contributed by atoms with Crippen LogP contribution in [0.25, 0.3) is 22.4 Å². The second-order valence-corrected chi connectivity index (χ2v) is 10.9. The van der Waals surface area contributed by atoms with E-state index in [1.165, 1.54) is 11.9 Å². The molecule has 2 N–H and O–H groups in total. The lowest BCUT2D eigenvalue weighted by atomic mass is 9.98. The number of hydrogen-bond donors (Lipinski definition) is 2. The highest BCUT2D eigenvalue weighted by Gasteiger charge is 2.18. The molecule has 0 unspecified atom stereocenters. The Kier molecular flexibility index (Phi) is 8.99. The Morgan fingerprint density at radius 2 is 1.68 bits per heavy atom. The first-order valence-electron chi connectivity index (χ1n) is 11.7. The quantitative estimate of drug-likeness (QED) is 0.139. The van der Waals surface area contributed by atoms with Crippen LogP contribution in [0, 0.1) is 0 Å². The van der Waals surface area contributed by atoms with Gasteiger partial charge in [-0.1, -0.05) is 47.5 Å². The zero-order valence-corrected chi connectivity index (χ0v) is 23.3. The largest absolute Gasteiger partial charge is 0.456 e. The number of carbonyl (C=O) groups is 1. The van der Waals surface area contributed by atoms with Gasteiger partial charge in [0.05, 0.1) is 18.5 Å². The molecule has 2 aromatic carbocycles. The van der Waals surface area contributed by atoms with E-state index in [4.69, 9.17) is 37.3 Å². The molecule has 4 aromatic rings. The zero-order valence-electron chi connectivity index (χ0n) is 21.0. The number of nitrogens with one attached hydrogen (secondary N) is 2. The van der Waals surface area contributed by atoms with Crippen LogP contribution in [0.3, 0.4) is 0 Å². The summed E-state index contributed by atoms with van der Waals surface area (Å²) in [4.78, 5) is 21.7. The molecular formula is C28H26Cl2N4O3S. The van der Waals surface area contributed by atoms with Gasteiger partial charge in [0.1, 0.15) is 5.60 Å². The number of furan rings is 1. The number of carbonyl (C=O) groups excluding carboxylic acids is 1. The molecular weight excluding hydrogens is 543 g/mol. The molecule has 0 aliphatic carbocycles. The van der Waals surface area contributed by atoms with Crippen LogP contribution >= 0.6 is 35.1 Å². The Morgan fingerprint density at radius 1 is 1.03 bits per heavy atom. The molecule has 0 aliphatic heterocycles. The van der Waals surface area contributed by atoms with Gasteiger partial charge in [-0.05, 0) is 74.4 Å². The van der Waals surface area contributed by atoms with Crippen molar-refractivity contribution < 1.29 is 13.9 Å². The minimum atomic E-state index is -0.655. The topological polar surface area (TPSA) is 88.8 Å².